The van der Waals surface area contributed by atoms with Crippen molar-refractivity contribution < 1.29 is 22.6 Å². The number of methoxy groups -OCH3 is 1. The Labute approximate surface area is 125 Å². The smallest absolute Gasteiger partial charge is 0.387 e. The van der Waals surface area contributed by atoms with Crippen LogP contribution in [0.1, 0.15) is 16.5 Å². The molecule has 0 aromatic heterocycles. The lowest BCUT2D eigenvalue weighted by molar-refractivity contribution is -0.0498. The molecular weight excluding hydrogens is 305 g/mol. The molecule has 2 aromatic carbocycles. The van der Waals surface area contributed by atoms with Crippen molar-refractivity contribution in [3.8, 4) is 11.5 Å². The van der Waals surface area contributed by atoms with E-state index in [9.17, 15) is 13.2 Å². The normalized spacial score (nSPS) is 12.3. The molecule has 1 unspecified atom stereocenters. The second kappa shape index (κ2) is 6.72. The standard InChI is InChI=1S/C15H12ClF3O2/c1-20-13-6-5-10(8-12(13)17)14(16)9-3-2-4-11(7-9)21-15(18)19/h2-8,14-15H,1H3. The molecule has 0 spiro atoms. The van der Waals surface area contributed by atoms with Crippen molar-refractivity contribution in [2.75, 3.05) is 7.11 Å². The molecule has 0 radical (unpaired) electrons. The van der Waals surface area contributed by atoms with Gasteiger partial charge in [0.2, 0.25) is 0 Å². The lowest BCUT2D eigenvalue weighted by Gasteiger charge is -2.13. The van der Waals surface area contributed by atoms with Crippen LogP contribution in [0.15, 0.2) is 42.5 Å². The highest BCUT2D eigenvalue weighted by Crippen LogP contribution is 2.33. The SMILES string of the molecule is COc1ccc(C(Cl)c2cccc(OC(F)F)c2)cc1F. The molecule has 0 saturated heterocycles. The molecule has 0 amide bonds. The number of ether oxygens (including phenoxy) is 2. The van der Waals surface area contributed by atoms with Gasteiger partial charge in [0.25, 0.3) is 0 Å². The molecule has 0 aliphatic heterocycles. The number of halogens is 4. The summed E-state index contributed by atoms with van der Waals surface area (Å²) in [5, 5.41) is -0.688. The molecule has 2 nitrogen and oxygen atoms in total. The topological polar surface area (TPSA) is 18.5 Å². The van der Waals surface area contributed by atoms with Gasteiger partial charge in [0.15, 0.2) is 11.6 Å². The first-order valence-electron chi connectivity index (χ1n) is 6.03. The van der Waals surface area contributed by atoms with Crippen LogP contribution in [0.3, 0.4) is 0 Å². The molecule has 1 atom stereocenters. The fraction of sp³-hybridized carbons (Fsp3) is 0.200. The Morgan fingerprint density at radius 2 is 1.76 bits per heavy atom. The van der Waals surface area contributed by atoms with Gasteiger partial charge in [-0.1, -0.05) is 18.2 Å². The predicted octanol–water partition coefficient (Wildman–Crippen LogP) is 4.76. The van der Waals surface area contributed by atoms with Crippen LogP contribution >= 0.6 is 11.6 Å². The number of benzene rings is 2. The summed E-state index contributed by atoms with van der Waals surface area (Å²) in [7, 11) is 1.36. The van der Waals surface area contributed by atoms with Crippen molar-refractivity contribution in [1.82, 2.24) is 0 Å². The minimum atomic E-state index is -2.91. The maximum absolute atomic E-state index is 13.7. The first-order valence-corrected chi connectivity index (χ1v) is 6.47. The lowest BCUT2D eigenvalue weighted by Crippen LogP contribution is -2.03. The second-order valence-corrected chi connectivity index (χ2v) is 4.64. The van der Waals surface area contributed by atoms with Crippen LogP contribution in [0.25, 0.3) is 0 Å². The van der Waals surface area contributed by atoms with Gasteiger partial charge < -0.3 is 9.47 Å². The van der Waals surface area contributed by atoms with E-state index >= 15 is 0 Å². The van der Waals surface area contributed by atoms with Gasteiger partial charge in [-0.2, -0.15) is 8.78 Å². The number of hydrogen-bond donors (Lipinski definition) is 0. The zero-order valence-electron chi connectivity index (χ0n) is 11.0. The number of rotatable bonds is 5. The Bertz CT molecular complexity index is 620. The first-order chi connectivity index (χ1) is 10.0. The summed E-state index contributed by atoms with van der Waals surface area (Å²) >= 11 is 6.26. The summed E-state index contributed by atoms with van der Waals surface area (Å²) < 4.78 is 47.2. The van der Waals surface area contributed by atoms with E-state index in [0.29, 0.717) is 11.1 Å². The van der Waals surface area contributed by atoms with Crippen LogP contribution < -0.4 is 9.47 Å². The molecule has 0 aliphatic rings. The molecule has 0 N–H and O–H groups in total. The highest BCUT2D eigenvalue weighted by atomic mass is 35.5. The van der Waals surface area contributed by atoms with Crippen molar-refractivity contribution in [1.29, 1.82) is 0 Å². The van der Waals surface area contributed by atoms with E-state index in [1.807, 2.05) is 0 Å². The van der Waals surface area contributed by atoms with Gasteiger partial charge in [0.05, 0.1) is 12.5 Å². The summed E-state index contributed by atoms with van der Waals surface area (Å²) in [4.78, 5) is 0. The zero-order chi connectivity index (χ0) is 15.4. The predicted molar refractivity (Wildman–Crippen MR) is 73.7 cm³/mol. The van der Waals surface area contributed by atoms with Crippen molar-refractivity contribution in [3.05, 3.63) is 59.4 Å². The summed E-state index contributed by atoms with van der Waals surface area (Å²) in [5.74, 6) is -0.430. The minimum absolute atomic E-state index is 0.00198. The van der Waals surface area contributed by atoms with Crippen molar-refractivity contribution in [2.45, 2.75) is 12.0 Å². The fourth-order valence-electron chi connectivity index (χ4n) is 1.88. The average Bonchev–Trinajstić information content (AvgIpc) is 2.46. The summed E-state index contributed by atoms with van der Waals surface area (Å²) in [6, 6.07) is 10.3. The van der Waals surface area contributed by atoms with Gasteiger partial charge in [-0.3, -0.25) is 0 Å². The van der Waals surface area contributed by atoms with E-state index in [0.717, 1.165) is 0 Å². The third-order valence-electron chi connectivity index (χ3n) is 2.84. The Balaban J connectivity index is 2.27. The van der Waals surface area contributed by atoms with Gasteiger partial charge in [-0.25, -0.2) is 4.39 Å². The third-order valence-corrected chi connectivity index (χ3v) is 3.35. The van der Waals surface area contributed by atoms with Crippen LogP contribution in [-0.2, 0) is 0 Å². The molecule has 0 aliphatic carbocycles. The quantitative estimate of drug-likeness (QED) is 0.740. The van der Waals surface area contributed by atoms with Crippen LogP contribution in [0, 0.1) is 5.82 Å². The lowest BCUT2D eigenvalue weighted by atomic mass is 10.0. The maximum Gasteiger partial charge on any atom is 0.387 e. The minimum Gasteiger partial charge on any atom is -0.494 e. The Morgan fingerprint density at radius 3 is 2.38 bits per heavy atom. The Hall–Kier alpha value is -1.88. The Morgan fingerprint density at radius 1 is 1.05 bits per heavy atom. The first kappa shape index (κ1) is 15.5. The monoisotopic (exact) mass is 316 g/mol. The largest absolute Gasteiger partial charge is 0.494 e. The molecule has 0 fully saturated rings. The molecule has 0 bridgehead atoms. The summed E-state index contributed by atoms with van der Waals surface area (Å²) in [6.45, 7) is -2.91. The van der Waals surface area contributed by atoms with Crippen LogP contribution in [0.4, 0.5) is 13.2 Å². The molecule has 21 heavy (non-hydrogen) atoms. The van der Waals surface area contributed by atoms with Crippen molar-refractivity contribution in [3.63, 3.8) is 0 Å². The van der Waals surface area contributed by atoms with Crippen LogP contribution in [0.2, 0.25) is 0 Å². The van der Waals surface area contributed by atoms with E-state index in [-0.39, 0.29) is 11.5 Å². The van der Waals surface area contributed by atoms with Crippen LogP contribution in [0.5, 0.6) is 11.5 Å². The average molecular weight is 317 g/mol. The Kier molecular flexibility index (Phi) is 4.96. The van der Waals surface area contributed by atoms with E-state index in [4.69, 9.17) is 16.3 Å². The molecule has 2 aromatic rings. The summed E-state index contributed by atoms with van der Waals surface area (Å²) in [5.41, 5.74) is 1.02. The van der Waals surface area contributed by atoms with Gasteiger partial charge in [0.1, 0.15) is 5.75 Å². The third kappa shape index (κ3) is 3.82. The van der Waals surface area contributed by atoms with Gasteiger partial charge in [0, 0.05) is 0 Å². The molecule has 112 valence electrons. The fourth-order valence-corrected chi connectivity index (χ4v) is 2.15. The van der Waals surface area contributed by atoms with E-state index in [2.05, 4.69) is 4.74 Å². The van der Waals surface area contributed by atoms with E-state index in [1.54, 1.807) is 18.2 Å². The molecule has 0 saturated carbocycles. The number of hydrogen-bond acceptors (Lipinski definition) is 2. The second-order valence-electron chi connectivity index (χ2n) is 4.21. The highest BCUT2D eigenvalue weighted by Gasteiger charge is 2.15. The van der Waals surface area contributed by atoms with E-state index < -0.39 is 17.8 Å². The van der Waals surface area contributed by atoms with Gasteiger partial charge in [-0.15, -0.1) is 11.6 Å². The van der Waals surface area contributed by atoms with Gasteiger partial charge in [-0.05, 0) is 35.4 Å². The maximum atomic E-state index is 13.7. The molecular formula is C15H12ClF3O2. The highest BCUT2D eigenvalue weighted by molar-refractivity contribution is 6.22. The number of alkyl halides is 3. The molecule has 6 heteroatoms. The van der Waals surface area contributed by atoms with Crippen molar-refractivity contribution >= 4 is 11.6 Å². The molecule has 2 rings (SSSR count). The van der Waals surface area contributed by atoms with Crippen molar-refractivity contribution in [2.24, 2.45) is 0 Å². The summed E-state index contributed by atoms with van der Waals surface area (Å²) in [6.07, 6.45) is 0. The van der Waals surface area contributed by atoms with Crippen LogP contribution in [-0.4, -0.2) is 13.7 Å². The van der Waals surface area contributed by atoms with E-state index in [1.165, 1.54) is 31.4 Å². The van der Waals surface area contributed by atoms with Gasteiger partial charge >= 0.3 is 6.61 Å². The zero-order valence-corrected chi connectivity index (χ0v) is 11.8. The molecule has 0 heterocycles.